The molecule has 0 aliphatic rings. The lowest BCUT2D eigenvalue weighted by Crippen LogP contribution is -2.26. The summed E-state index contributed by atoms with van der Waals surface area (Å²) in [5.74, 6) is 0.446. The third-order valence-electron chi connectivity index (χ3n) is 16.1. The molecule has 4 heterocycles. The van der Waals surface area contributed by atoms with Gasteiger partial charge in [0.1, 0.15) is 23.7 Å². The Balaban J connectivity index is 0.000000401. The summed E-state index contributed by atoms with van der Waals surface area (Å²) in [6.07, 6.45) is 43.9. The SMILES string of the molecule is CCCCCCCCCCCCCCCCCCOCCOP(=O)(CO[C@H](COC)Cn1cnc2c(N)nc(N)nc21)OCc1ccccc1.CCCCCCCCCCCCCCCCCCOCCOP(=O)(O)CO[C@H](COC)Cn1cnc2c(N)nc(N)nc21. The zero-order chi connectivity index (χ0) is 66.9. The van der Waals surface area contributed by atoms with Crippen molar-refractivity contribution in [2.45, 2.75) is 251 Å². The molecule has 93 heavy (non-hydrogen) atoms. The minimum absolute atomic E-state index is 0.0204. The summed E-state index contributed by atoms with van der Waals surface area (Å²) in [4.78, 5) is 35.0. The quantitative estimate of drug-likeness (QED) is 0.0178. The predicted octanol–water partition coefficient (Wildman–Crippen LogP) is 15.1. The van der Waals surface area contributed by atoms with E-state index >= 15 is 0 Å². The maximum Gasteiger partial charge on any atom is 0.356 e. The summed E-state index contributed by atoms with van der Waals surface area (Å²) < 4.78 is 80.3. The van der Waals surface area contributed by atoms with Gasteiger partial charge in [0.05, 0.1) is 84.2 Å². The largest absolute Gasteiger partial charge is 0.382 e. The van der Waals surface area contributed by atoms with Gasteiger partial charge in [0.25, 0.3) is 0 Å². The molecule has 0 saturated heterocycles. The van der Waals surface area contributed by atoms with Crippen LogP contribution in [0, 0.1) is 0 Å². The van der Waals surface area contributed by atoms with Crippen molar-refractivity contribution in [2.75, 3.05) is 103 Å². The Morgan fingerprint density at radius 1 is 0.452 bits per heavy atom. The summed E-state index contributed by atoms with van der Waals surface area (Å²) in [7, 11) is -4.54. The summed E-state index contributed by atoms with van der Waals surface area (Å²) in [5, 5.41) is 0. The number of aromatic nitrogens is 8. The fourth-order valence-electron chi connectivity index (χ4n) is 10.8. The second-order valence-electron chi connectivity index (χ2n) is 24.3. The second kappa shape index (κ2) is 50.9. The van der Waals surface area contributed by atoms with Crippen LogP contribution in [0.1, 0.15) is 225 Å². The van der Waals surface area contributed by atoms with Crippen LogP contribution in [0.3, 0.4) is 0 Å². The molecule has 5 rings (SSSR count). The summed E-state index contributed by atoms with van der Waals surface area (Å²) in [5.41, 5.74) is 26.0. The minimum Gasteiger partial charge on any atom is -0.382 e. The molecule has 24 nitrogen and oxygen atoms in total. The number of unbranched alkanes of at least 4 members (excludes halogenated alkanes) is 30. The van der Waals surface area contributed by atoms with Crippen LogP contribution in [-0.4, -0.2) is 136 Å². The molecule has 0 fully saturated rings. The molecule has 5 aromatic rings. The first-order chi connectivity index (χ1) is 45.3. The fourth-order valence-corrected chi connectivity index (χ4v) is 13.0. The molecule has 4 aromatic heterocycles. The van der Waals surface area contributed by atoms with Gasteiger partial charge >= 0.3 is 15.2 Å². The molecule has 2 unspecified atom stereocenters. The number of hydrogen-bond donors (Lipinski definition) is 5. The van der Waals surface area contributed by atoms with Crippen LogP contribution in [0.5, 0.6) is 0 Å². The number of hydrogen-bond acceptors (Lipinski definition) is 21. The number of nitrogens with two attached hydrogens (primary N) is 4. The Hall–Kier alpha value is -4.42. The first kappa shape index (κ1) is 81.0. The maximum absolute atomic E-state index is 13.9. The predicted molar refractivity (Wildman–Crippen MR) is 373 cm³/mol. The van der Waals surface area contributed by atoms with Crippen molar-refractivity contribution >= 4 is 61.1 Å². The van der Waals surface area contributed by atoms with E-state index in [0.29, 0.717) is 48.7 Å². The van der Waals surface area contributed by atoms with Crippen molar-refractivity contribution in [1.29, 1.82) is 0 Å². The van der Waals surface area contributed by atoms with Crippen LogP contribution < -0.4 is 22.9 Å². The van der Waals surface area contributed by atoms with Crippen molar-refractivity contribution in [3.63, 3.8) is 0 Å². The molecule has 0 aliphatic carbocycles. The Morgan fingerprint density at radius 2 is 0.817 bits per heavy atom. The Morgan fingerprint density at radius 3 is 1.20 bits per heavy atom. The molecule has 9 N–H and O–H groups in total. The third kappa shape index (κ3) is 37.0. The van der Waals surface area contributed by atoms with Gasteiger partial charge < -0.3 is 79.0 Å². The molecular weight excluding hydrogens is 1230 g/mol. The summed E-state index contributed by atoms with van der Waals surface area (Å²) in [6, 6.07) is 9.54. The van der Waals surface area contributed by atoms with E-state index in [-0.39, 0.29) is 76.1 Å². The van der Waals surface area contributed by atoms with E-state index in [2.05, 4.69) is 43.8 Å². The first-order valence-electron chi connectivity index (χ1n) is 35.0. The topological polar surface area (TPSA) is 329 Å². The lowest BCUT2D eigenvalue weighted by atomic mass is 10.0. The second-order valence-corrected chi connectivity index (χ2v) is 28.1. The number of methoxy groups -OCH3 is 2. The molecule has 4 atom stereocenters. The van der Waals surface area contributed by atoms with Gasteiger partial charge in [0.15, 0.2) is 22.9 Å². The van der Waals surface area contributed by atoms with Gasteiger partial charge in [-0.1, -0.05) is 237 Å². The van der Waals surface area contributed by atoms with E-state index < -0.39 is 33.7 Å². The Kier molecular flexibility index (Phi) is 44.3. The van der Waals surface area contributed by atoms with Gasteiger partial charge in [0, 0.05) is 27.4 Å². The van der Waals surface area contributed by atoms with Gasteiger partial charge in [-0.25, -0.2) is 9.97 Å². The average Bonchev–Trinajstić information content (AvgIpc) is 1.74. The van der Waals surface area contributed by atoms with Gasteiger partial charge in [-0.05, 0) is 18.4 Å². The average molecular weight is 1350 g/mol. The van der Waals surface area contributed by atoms with Crippen molar-refractivity contribution in [3.8, 4) is 0 Å². The van der Waals surface area contributed by atoms with E-state index in [1.165, 1.54) is 193 Å². The Bertz CT molecular complexity index is 2750. The van der Waals surface area contributed by atoms with E-state index in [0.717, 1.165) is 31.2 Å². The molecule has 0 aliphatic heterocycles. The zero-order valence-electron chi connectivity index (χ0n) is 57.2. The van der Waals surface area contributed by atoms with Gasteiger partial charge in [0.2, 0.25) is 11.9 Å². The summed E-state index contributed by atoms with van der Waals surface area (Å²) >= 11 is 0. The van der Waals surface area contributed by atoms with Gasteiger partial charge in [-0.15, -0.1) is 0 Å². The number of nitrogens with zero attached hydrogens (tertiary/aromatic N) is 8. The lowest BCUT2D eigenvalue weighted by molar-refractivity contribution is -0.00144. The molecule has 0 saturated carbocycles. The van der Waals surface area contributed by atoms with Crippen molar-refractivity contribution in [1.82, 2.24) is 39.0 Å². The van der Waals surface area contributed by atoms with E-state index in [1.54, 1.807) is 22.6 Å². The molecule has 0 amide bonds. The number of fused-ring (bicyclic) bond motifs is 2. The number of imidazole rings is 2. The van der Waals surface area contributed by atoms with E-state index in [1.807, 2.05) is 30.3 Å². The van der Waals surface area contributed by atoms with Crippen LogP contribution >= 0.6 is 15.2 Å². The van der Waals surface area contributed by atoms with Crippen LogP contribution in [0.25, 0.3) is 22.3 Å². The molecule has 0 radical (unpaired) electrons. The maximum atomic E-state index is 13.9. The van der Waals surface area contributed by atoms with Gasteiger partial charge in [-0.3, -0.25) is 9.13 Å². The molecular formula is C67H120N12O12P2. The highest BCUT2D eigenvalue weighted by Crippen LogP contribution is 2.49. The summed E-state index contributed by atoms with van der Waals surface area (Å²) in [6.45, 7) is 7.62. The van der Waals surface area contributed by atoms with E-state index in [9.17, 15) is 14.0 Å². The van der Waals surface area contributed by atoms with Crippen molar-refractivity contribution in [3.05, 3.63) is 48.5 Å². The highest BCUT2D eigenvalue weighted by atomic mass is 31.2. The molecule has 530 valence electrons. The van der Waals surface area contributed by atoms with Crippen molar-refractivity contribution in [2.24, 2.45) is 0 Å². The number of nitrogen functional groups attached to an aromatic ring is 4. The van der Waals surface area contributed by atoms with E-state index in [4.69, 9.17) is 64.9 Å². The van der Waals surface area contributed by atoms with Crippen molar-refractivity contribution < 1.29 is 56.0 Å². The number of rotatable bonds is 59. The normalized spacial score (nSPS) is 13.7. The minimum atomic E-state index is -3.97. The standard InChI is InChI=1S/C37H63N6O6P.C30H57N6O6P/c1-3-4-5-6-7-8-9-10-11-12-13-14-15-16-17-21-24-46-25-26-48-50(44,49-28-32-22-19-18-20-23-32)31-47-33(29-45-2)27-43-30-40-34-35(38)41-37(39)42-36(34)43;1-3-4-5-6-7-8-9-10-11-12-13-14-15-16-17-18-19-40-20-21-42-43(37,38)25-41-26(23-39-2)22-36-24-33-27-28(31)34-30(32)35-29(27)36/h18-20,22-23,30,33H,3-17,21,24-29,31H2,1-2H3,(H4,38,39,41,42);24,26H,3-23,25H2,1-2H3,(H,37,38)(H4,31,32,34,35)/t33-,50?;26-/m00/s1. The number of ether oxygens (including phenoxy) is 6. The van der Waals surface area contributed by atoms with Crippen LogP contribution in [0.15, 0.2) is 43.0 Å². The zero-order valence-corrected chi connectivity index (χ0v) is 59.0. The molecule has 0 spiro atoms. The first-order valence-corrected chi connectivity index (χ1v) is 38.5. The highest BCUT2D eigenvalue weighted by Gasteiger charge is 2.29. The fraction of sp³-hybridized carbons (Fsp3) is 0.761. The highest BCUT2D eigenvalue weighted by molar-refractivity contribution is 7.53. The Labute approximate surface area is 556 Å². The lowest BCUT2D eigenvalue weighted by Gasteiger charge is -2.23. The molecule has 0 bridgehead atoms. The molecule has 26 heteroatoms. The van der Waals surface area contributed by atoms with Crippen LogP contribution in [0.4, 0.5) is 23.5 Å². The third-order valence-corrected chi connectivity index (χ3v) is 18.7. The van der Waals surface area contributed by atoms with Gasteiger partial charge in [-0.2, -0.15) is 19.9 Å². The smallest absolute Gasteiger partial charge is 0.356 e. The van der Waals surface area contributed by atoms with Crippen LogP contribution in [-0.2, 0) is 70.8 Å². The monoisotopic (exact) mass is 1350 g/mol. The number of anilines is 4. The number of benzene rings is 1. The molecule has 1 aromatic carbocycles. The van der Waals surface area contributed by atoms with Crippen LogP contribution in [0.2, 0.25) is 0 Å².